The first-order chi connectivity index (χ1) is 32.4. The van der Waals surface area contributed by atoms with Crippen molar-refractivity contribution in [2.24, 2.45) is 4.99 Å². The number of aromatic amines is 1. The van der Waals surface area contributed by atoms with E-state index in [4.69, 9.17) is 19.1 Å². The molecule has 1 fully saturated rings. The maximum Gasteiger partial charge on any atom is 0.438 e. The molecule has 2 aliphatic heterocycles. The number of carbonyl (C=O) groups is 1. The normalized spacial score (nSPS) is 17.0. The van der Waals surface area contributed by atoms with E-state index in [1.807, 2.05) is 78.1 Å². The lowest BCUT2D eigenvalue weighted by Crippen LogP contribution is -2.41. The van der Waals surface area contributed by atoms with E-state index >= 15 is 9.18 Å². The number of carbonyl (C=O) groups excluding carboxylic acids is 1. The van der Waals surface area contributed by atoms with Crippen LogP contribution in [0.5, 0.6) is 5.88 Å². The molecular formula is C50H47FN10O6. The number of hydrogen-bond acceptors (Lipinski definition) is 10. The number of ether oxygens (including phenoxy) is 2. The lowest BCUT2D eigenvalue weighted by atomic mass is 9.98. The zero-order valence-corrected chi connectivity index (χ0v) is 37.8. The summed E-state index contributed by atoms with van der Waals surface area (Å²) < 4.78 is 37.8. The van der Waals surface area contributed by atoms with Gasteiger partial charge in [0.1, 0.15) is 22.9 Å². The second-order valence-electron chi connectivity index (χ2n) is 17.7. The summed E-state index contributed by atoms with van der Waals surface area (Å²) in [7, 11) is 3.26. The monoisotopic (exact) mass is 902 g/mol. The summed E-state index contributed by atoms with van der Waals surface area (Å²) in [5.74, 6) is 0.0633. The van der Waals surface area contributed by atoms with E-state index in [9.17, 15) is 9.59 Å². The zero-order chi connectivity index (χ0) is 46.5. The van der Waals surface area contributed by atoms with E-state index in [0.29, 0.717) is 89.4 Å². The molecule has 17 heteroatoms. The Morgan fingerprint density at radius 1 is 0.970 bits per heavy atom. The van der Waals surface area contributed by atoms with Gasteiger partial charge in [-0.05, 0) is 129 Å². The average Bonchev–Trinajstić information content (AvgIpc) is 3.80. The van der Waals surface area contributed by atoms with Crippen LogP contribution in [0.3, 0.4) is 0 Å². The molecule has 1 unspecified atom stereocenters. The Balaban J connectivity index is 1.04. The van der Waals surface area contributed by atoms with Gasteiger partial charge in [-0.15, -0.1) is 0 Å². The van der Waals surface area contributed by atoms with Crippen LogP contribution in [-0.2, 0) is 16.7 Å². The second kappa shape index (κ2) is 15.8. The van der Waals surface area contributed by atoms with E-state index in [2.05, 4.69) is 20.1 Å². The maximum atomic E-state index is 15.5. The summed E-state index contributed by atoms with van der Waals surface area (Å²) >= 11 is 0. The van der Waals surface area contributed by atoms with Crippen LogP contribution in [0.15, 0.2) is 98.4 Å². The SMILES string of the molecule is COCCC1N=Cc2cc(-n3ccn(-c4c5c(nn4-c4cc(C)c(F)c(C)c4)CCN(C(=O)c4cc6cc(-c7ccnc(OC)c7C)ccc6n4C4(c6noc(=O)[nH]6)CC4)[C@H]5C)c3=O)ccc21. The van der Waals surface area contributed by atoms with Crippen LogP contribution in [0.1, 0.15) is 93.7 Å². The average molecular weight is 903 g/mol. The molecule has 67 heavy (non-hydrogen) atoms. The van der Waals surface area contributed by atoms with Crippen LogP contribution < -0.4 is 16.2 Å². The van der Waals surface area contributed by atoms with Gasteiger partial charge < -0.3 is 18.9 Å². The van der Waals surface area contributed by atoms with Crippen LogP contribution in [0, 0.1) is 26.6 Å². The number of pyridine rings is 1. The molecule has 1 N–H and O–H groups in total. The molecule has 0 radical (unpaired) electrons. The Labute approximate surface area is 382 Å². The van der Waals surface area contributed by atoms with E-state index in [-0.39, 0.29) is 23.5 Å². The van der Waals surface area contributed by atoms with Crippen molar-refractivity contribution in [3.8, 4) is 34.2 Å². The summed E-state index contributed by atoms with van der Waals surface area (Å²) in [6.07, 6.45) is 9.33. The minimum atomic E-state index is -0.834. The first-order valence-corrected chi connectivity index (χ1v) is 22.3. The van der Waals surface area contributed by atoms with Crippen LogP contribution in [0.25, 0.3) is 39.2 Å². The molecule has 340 valence electrons. The Morgan fingerprint density at radius 3 is 2.49 bits per heavy atom. The molecule has 1 saturated carbocycles. The summed E-state index contributed by atoms with van der Waals surface area (Å²) in [6.45, 7) is 8.21. The fraction of sp³-hybridized carbons (Fsp3) is 0.300. The lowest BCUT2D eigenvalue weighted by molar-refractivity contribution is 0.0664. The van der Waals surface area contributed by atoms with Crippen molar-refractivity contribution in [1.82, 2.24) is 43.5 Å². The van der Waals surface area contributed by atoms with E-state index in [1.165, 1.54) is 0 Å². The molecule has 2 atom stereocenters. The largest absolute Gasteiger partial charge is 0.481 e. The number of benzene rings is 3. The Morgan fingerprint density at radius 2 is 1.76 bits per heavy atom. The third kappa shape index (κ3) is 6.61. The van der Waals surface area contributed by atoms with Gasteiger partial charge in [0.2, 0.25) is 5.88 Å². The number of rotatable bonds is 11. The van der Waals surface area contributed by atoms with Crippen LogP contribution in [-0.4, -0.2) is 83.0 Å². The minimum absolute atomic E-state index is 0.0122. The van der Waals surface area contributed by atoms with Crippen molar-refractivity contribution in [2.45, 2.75) is 71.0 Å². The predicted octanol–water partition coefficient (Wildman–Crippen LogP) is 7.39. The molecule has 5 aromatic heterocycles. The number of halogens is 1. The van der Waals surface area contributed by atoms with Gasteiger partial charge >= 0.3 is 11.4 Å². The van der Waals surface area contributed by atoms with Crippen LogP contribution in [0.4, 0.5) is 4.39 Å². The van der Waals surface area contributed by atoms with Gasteiger partial charge in [-0.25, -0.2) is 23.6 Å². The van der Waals surface area contributed by atoms with Crippen molar-refractivity contribution in [3.05, 3.63) is 157 Å². The highest BCUT2D eigenvalue weighted by molar-refractivity contribution is 6.00. The smallest absolute Gasteiger partial charge is 0.438 e. The first-order valence-electron chi connectivity index (χ1n) is 22.3. The maximum absolute atomic E-state index is 15.5. The summed E-state index contributed by atoms with van der Waals surface area (Å²) in [4.78, 5) is 56.3. The number of aryl methyl sites for hydroxylation is 2. The molecule has 0 saturated heterocycles. The van der Waals surface area contributed by atoms with Crippen molar-refractivity contribution in [2.75, 3.05) is 27.4 Å². The van der Waals surface area contributed by atoms with Gasteiger partial charge in [0.15, 0.2) is 5.82 Å². The summed E-state index contributed by atoms with van der Waals surface area (Å²) in [5, 5.41) is 10.1. The van der Waals surface area contributed by atoms with Gasteiger partial charge in [0.25, 0.3) is 5.91 Å². The third-order valence-corrected chi connectivity index (χ3v) is 13.8. The Bertz CT molecular complexity index is 3450. The lowest BCUT2D eigenvalue weighted by Gasteiger charge is -2.34. The number of methoxy groups -OCH3 is 2. The highest BCUT2D eigenvalue weighted by Gasteiger charge is 2.52. The van der Waals surface area contributed by atoms with Gasteiger partial charge in [-0.3, -0.25) is 28.4 Å². The molecule has 0 spiro atoms. The second-order valence-corrected chi connectivity index (χ2v) is 17.7. The van der Waals surface area contributed by atoms with Gasteiger partial charge in [-0.1, -0.05) is 17.3 Å². The number of nitrogens with zero attached hydrogens (tertiary/aromatic N) is 9. The number of aromatic nitrogens is 8. The van der Waals surface area contributed by atoms with Crippen molar-refractivity contribution >= 4 is 23.0 Å². The summed E-state index contributed by atoms with van der Waals surface area (Å²) in [6, 6.07) is 18.6. The van der Waals surface area contributed by atoms with Gasteiger partial charge in [-0.2, -0.15) is 5.10 Å². The molecule has 1 amide bonds. The third-order valence-electron chi connectivity index (χ3n) is 13.8. The number of nitrogens with one attached hydrogen (secondary N) is 1. The van der Waals surface area contributed by atoms with E-state index in [0.717, 1.165) is 45.1 Å². The number of hydrogen-bond donors (Lipinski definition) is 1. The topological polar surface area (TPSA) is 173 Å². The quantitative estimate of drug-likeness (QED) is 0.139. The van der Waals surface area contributed by atoms with Crippen molar-refractivity contribution in [1.29, 1.82) is 0 Å². The fourth-order valence-electron chi connectivity index (χ4n) is 10.3. The molecule has 1 aliphatic carbocycles. The van der Waals surface area contributed by atoms with Crippen LogP contribution >= 0.6 is 0 Å². The van der Waals surface area contributed by atoms with Crippen LogP contribution in [0.2, 0.25) is 0 Å². The molecule has 16 nitrogen and oxygen atoms in total. The predicted molar refractivity (Wildman–Crippen MR) is 248 cm³/mol. The Kier molecular flexibility index (Phi) is 9.88. The van der Waals surface area contributed by atoms with E-state index in [1.54, 1.807) is 72.6 Å². The number of imidazole rings is 1. The number of aliphatic imine (C=N–C) groups is 1. The number of amides is 1. The Hall–Kier alpha value is -7.66. The first kappa shape index (κ1) is 42.0. The highest BCUT2D eigenvalue weighted by Crippen LogP contribution is 2.51. The summed E-state index contributed by atoms with van der Waals surface area (Å²) in [5.41, 5.74) is 8.26. The number of H-pyrrole nitrogens is 1. The molecule has 3 aliphatic rings. The number of fused-ring (bicyclic) bond motifs is 3. The molecule has 11 rings (SSSR count). The van der Waals surface area contributed by atoms with Crippen molar-refractivity contribution < 1.29 is 23.2 Å². The highest BCUT2D eigenvalue weighted by atomic mass is 19.1. The fourth-order valence-corrected chi connectivity index (χ4v) is 10.3. The molecule has 0 bridgehead atoms. The van der Waals surface area contributed by atoms with Gasteiger partial charge in [0.05, 0.1) is 36.3 Å². The zero-order valence-electron chi connectivity index (χ0n) is 37.8. The standard InChI is InChI=1S/C50H47FN10O6/c1-27-21-35(22-28(2)43(27)51)61-45(59-19-18-58(49(59)64)34-8-9-37-33(24-34)26-53-38(37)13-20-65-5)42-30(4)57(17-12-39(42)55-61)46(62)41-25-32-23-31(36-11-16-52-44(66-6)29(36)3)7-10-40(32)60(41)50(14-15-50)47-54-48(63)67-56-47/h7-11,16,18-19,21-26,30,38H,12-15,17,20H2,1-6H3,(H,54,56,63)/t30-,38?/m0/s1. The minimum Gasteiger partial charge on any atom is -0.481 e. The molecular weight excluding hydrogens is 856 g/mol. The molecule has 8 aromatic rings. The van der Waals surface area contributed by atoms with E-state index < -0.39 is 17.3 Å². The van der Waals surface area contributed by atoms with Crippen molar-refractivity contribution in [3.63, 3.8) is 0 Å². The van der Waals surface area contributed by atoms with Gasteiger partial charge in [0, 0.05) is 73.5 Å². The molecule has 3 aromatic carbocycles. The molecule has 7 heterocycles.